The lowest BCUT2D eigenvalue weighted by Crippen LogP contribution is -2.23. The normalized spacial score (nSPS) is 12.4. The fourth-order valence-corrected chi connectivity index (χ4v) is 2.65. The van der Waals surface area contributed by atoms with E-state index in [0.717, 1.165) is 18.5 Å². The molecule has 0 radical (unpaired) electrons. The van der Waals surface area contributed by atoms with Crippen LogP contribution in [0.3, 0.4) is 0 Å². The second-order valence-electron chi connectivity index (χ2n) is 5.17. The van der Waals surface area contributed by atoms with Gasteiger partial charge in [0.25, 0.3) is 0 Å². The summed E-state index contributed by atoms with van der Waals surface area (Å²) in [4.78, 5) is 8.26. The zero-order chi connectivity index (χ0) is 14.5. The zero-order valence-corrected chi connectivity index (χ0v) is 12.2. The number of rotatable bonds is 5. The van der Waals surface area contributed by atoms with Crippen LogP contribution in [0.5, 0.6) is 0 Å². The van der Waals surface area contributed by atoms with Crippen LogP contribution in [0, 0.1) is 0 Å². The maximum absolute atomic E-state index is 4.13. The van der Waals surface area contributed by atoms with E-state index in [1.165, 1.54) is 16.3 Å². The predicted octanol–water partition coefficient (Wildman–Crippen LogP) is 3.52. The second-order valence-corrected chi connectivity index (χ2v) is 5.17. The van der Waals surface area contributed by atoms with Gasteiger partial charge in [0.05, 0.1) is 0 Å². The molecule has 1 N–H and O–H groups in total. The van der Waals surface area contributed by atoms with Gasteiger partial charge in [-0.2, -0.15) is 0 Å². The van der Waals surface area contributed by atoms with Gasteiger partial charge in [-0.25, -0.2) is 9.97 Å². The number of hydrogen-bond acceptors (Lipinski definition) is 3. The zero-order valence-electron chi connectivity index (χ0n) is 12.2. The molecule has 0 saturated heterocycles. The van der Waals surface area contributed by atoms with Crippen LogP contribution >= 0.6 is 0 Å². The molecule has 3 rings (SSSR count). The number of aromatic nitrogens is 2. The van der Waals surface area contributed by atoms with E-state index < -0.39 is 0 Å². The van der Waals surface area contributed by atoms with E-state index in [1.807, 2.05) is 12.4 Å². The van der Waals surface area contributed by atoms with Crippen LogP contribution in [-0.4, -0.2) is 16.5 Å². The molecule has 0 spiro atoms. The topological polar surface area (TPSA) is 37.8 Å². The Balaban J connectivity index is 1.87. The van der Waals surface area contributed by atoms with Gasteiger partial charge < -0.3 is 5.32 Å². The van der Waals surface area contributed by atoms with Gasteiger partial charge in [0.2, 0.25) is 0 Å². The summed E-state index contributed by atoms with van der Waals surface area (Å²) in [6, 6.07) is 15.4. The maximum atomic E-state index is 4.13. The maximum Gasteiger partial charge on any atom is 0.115 e. The Hall–Kier alpha value is -2.26. The van der Waals surface area contributed by atoms with Crippen LogP contribution in [0.1, 0.15) is 24.1 Å². The van der Waals surface area contributed by atoms with E-state index in [-0.39, 0.29) is 6.04 Å². The van der Waals surface area contributed by atoms with Gasteiger partial charge >= 0.3 is 0 Å². The van der Waals surface area contributed by atoms with Gasteiger partial charge in [0.15, 0.2) is 0 Å². The van der Waals surface area contributed by atoms with Gasteiger partial charge in [0.1, 0.15) is 6.33 Å². The van der Waals surface area contributed by atoms with E-state index in [4.69, 9.17) is 0 Å². The van der Waals surface area contributed by atoms with Crippen molar-refractivity contribution in [1.29, 1.82) is 0 Å². The van der Waals surface area contributed by atoms with Crippen molar-refractivity contribution in [3.63, 3.8) is 0 Å². The average Bonchev–Trinajstić information content (AvgIpc) is 2.55. The predicted molar refractivity (Wildman–Crippen MR) is 86.1 cm³/mol. The van der Waals surface area contributed by atoms with E-state index >= 15 is 0 Å². The third-order valence-corrected chi connectivity index (χ3v) is 3.69. The molecule has 1 unspecified atom stereocenters. The molecule has 21 heavy (non-hydrogen) atoms. The molecule has 3 heteroatoms. The SMILES string of the molecule is CCNC(Cc1ccc2ccccc2c1)c1cncnc1. The molecule has 0 fully saturated rings. The smallest absolute Gasteiger partial charge is 0.115 e. The molecule has 0 amide bonds. The van der Waals surface area contributed by atoms with Crippen LogP contribution in [0.25, 0.3) is 10.8 Å². The van der Waals surface area contributed by atoms with Crippen LogP contribution in [0.4, 0.5) is 0 Å². The molecule has 1 aromatic heterocycles. The lowest BCUT2D eigenvalue weighted by Gasteiger charge is -2.18. The van der Waals surface area contributed by atoms with Crippen LogP contribution in [-0.2, 0) is 6.42 Å². The standard InChI is InChI=1S/C18H19N3/c1-2-21-18(17-11-19-13-20-12-17)10-14-7-8-15-5-3-4-6-16(15)9-14/h3-9,11-13,18,21H,2,10H2,1H3. The summed E-state index contributed by atoms with van der Waals surface area (Å²) in [6.07, 6.45) is 6.29. The fourth-order valence-electron chi connectivity index (χ4n) is 2.65. The average molecular weight is 277 g/mol. The van der Waals surface area contributed by atoms with Crippen LogP contribution < -0.4 is 5.32 Å². The van der Waals surface area contributed by atoms with Crippen LogP contribution in [0.2, 0.25) is 0 Å². The highest BCUT2D eigenvalue weighted by atomic mass is 14.9. The van der Waals surface area contributed by atoms with Gasteiger partial charge in [-0.15, -0.1) is 0 Å². The molecular formula is C18H19N3. The lowest BCUT2D eigenvalue weighted by molar-refractivity contribution is 0.546. The molecule has 0 aliphatic carbocycles. The second kappa shape index (κ2) is 6.46. The Morgan fingerprint density at radius 2 is 1.76 bits per heavy atom. The highest BCUT2D eigenvalue weighted by Gasteiger charge is 2.11. The van der Waals surface area contributed by atoms with E-state index in [0.29, 0.717) is 0 Å². The highest BCUT2D eigenvalue weighted by molar-refractivity contribution is 5.83. The van der Waals surface area contributed by atoms with E-state index in [9.17, 15) is 0 Å². The molecule has 0 bridgehead atoms. The molecule has 106 valence electrons. The minimum absolute atomic E-state index is 0.248. The third-order valence-electron chi connectivity index (χ3n) is 3.69. The highest BCUT2D eigenvalue weighted by Crippen LogP contribution is 2.21. The molecule has 0 aliphatic heterocycles. The number of nitrogens with zero attached hydrogens (tertiary/aromatic N) is 2. The molecule has 3 nitrogen and oxygen atoms in total. The summed E-state index contributed by atoms with van der Waals surface area (Å²) in [5.41, 5.74) is 2.45. The lowest BCUT2D eigenvalue weighted by atomic mass is 9.98. The Morgan fingerprint density at radius 1 is 1.00 bits per heavy atom. The summed E-state index contributed by atoms with van der Waals surface area (Å²) >= 11 is 0. The summed E-state index contributed by atoms with van der Waals surface area (Å²) in [7, 11) is 0. The van der Waals surface area contributed by atoms with Gasteiger partial charge in [0, 0.05) is 24.0 Å². The molecule has 0 aliphatic rings. The summed E-state index contributed by atoms with van der Waals surface area (Å²) in [5, 5.41) is 6.08. The Morgan fingerprint density at radius 3 is 2.52 bits per heavy atom. The molecule has 2 aromatic carbocycles. The fraction of sp³-hybridized carbons (Fsp3) is 0.222. The number of fused-ring (bicyclic) bond motifs is 1. The summed E-state index contributed by atoms with van der Waals surface area (Å²) in [5.74, 6) is 0. The van der Waals surface area contributed by atoms with E-state index in [2.05, 4.69) is 64.7 Å². The van der Waals surface area contributed by atoms with E-state index in [1.54, 1.807) is 6.33 Å². The number of benzene rings is 2. The first-order chi connectivity index (χ1) is 10.4. The van der Waals surface area contributed by atoms with Crippen molar-refractivity contribution in [2.45, 2.75) is 19.4 Å². The third kappa shape index (κ3) is 3.26. The molecule has 1 heterocycles. The first-order valence-corrected chi connectivity index (χ1v) is 7.33. The molecule has 0 saturated carbocycles. The van der Waals surface area contributed by atoms with Gasteiger partial charge in [-0.3, -0.25) is 0 Å². The minimum Gasteiger partial charge on any atom is -0.310 e. The molecular weight excluding hydrogens is 258 g/mol. The minimum atomic E-state index is 0.248. The molecule has 3 aromatic rings. The van der Waals surface area contributed by atoms with Crippen molar-refractivity contribution in [3.05, 3.63) is 72.3 Å². The largest absolute Gasteiger partial charge is 0.310 e. The monoisotopic (exact) mass is 277 g/mol. The number of hydrogen-bond donors (Lipinski definition) is 1. The quantitative estimate of drug-likeness (QED) is 0.775. The Labute approximate surface area is 125 Å². The molecule has 1 atom stereocenters. The Kier molecular flexibility index (Phi) is 4.22. The van der Waals surface area contributed by atoms with Crippen molar-refractivity contribution < 1.29 is 0 Å². The van der Waals surface area contributed by atoms with Crippen molar-refractivity contribution in [2.24, 2.45) is 0 Å². The van der Waals surface area contributed by atoms with Crippen molar-refractivity contribution in [2.75, 3.05) is 6.54 Å². The number of nitrogens with one attached hydrogen (secondary N) is 1. The van der Waals surface area contributed by atoms with Crippen molar-refractivity contribution >= 4 is 10.8 Å². The first-order valence-electron chi connectivity index (χ1n) is 7.33. The summed E-state index contributed by atoms with van der Waals surface area (Å²) in [6.45, 7) is 3.05. The van der Waals surface area contributed by atoms with Crippen LogP contribution in [0.15, 0.2) is 61.2 Å². The Bertz CT molecular complexity index is 710. The van der Waals surface area contributed by atoms with Gasteiger partial charge in [-0.05, 0) is 29.3 Å². The van der Waals surface area contributed by atoms with Crippen molar-refractivity contribution in [3.8, 4) is 0 Å². The number of likely N-dealkylation sites (N-methyl/N-ethyl adjacent to an activating group) is 1. The van der Waals surface area contributed by atoms with Gasteiger partial charge in [-0.1, -0.05) is 49.4 Å². The van der Waals surface area contributed by atoms with Crippen molar-refractivity contribution in [1.82, 2.24) is 15.3 Å². The first kappa shape index (κ1) is 13.7. The summed E-state index contributed by atoms with van der Waals surface area (Å²) < 4.78 is 0.